The maximum Gasteiger partial charge on any atom is 0.0133 e. The molecule has 78 valence electrons. The molecule has 14 heavy (non-hydrogen) atoms. The van der Waals surface area contributed by atoms with E-state index in [1.54, 1.807) is 11.4 Å². The van der Waals surface area contributed by atoms with Crippen LogP contribution in [0.15, 0.2) is 23.5 Å². The van der Waals surface area contributed by atoms with Crippen LogP contribution in [0.4, 0.5) is 0 Å². The van der Waals surface area contributed by atoms with Crippen molar-refractivity contribution in [3.63, 3.8) is 0 Å². The van der Waals surface area contributed by atoms with Crippen molar-refractivity contribution in [2.24, 2.45) is 0 Å². The van der Waals surface area contributed by atoms with Gasteiger partial charge in [-0.1, -0.05) is 12.2 Å². The smallest absolute Gasteiger partial charge is 0.0133 e. The SMILES string of the molecule is CN(C1=CCCCC1)C1=CCCCC1. The lowest BCUT2D eigenvalue weighted by Gasteiger charge is -2.29. The molecule has 0 aromatic heterocycles. The molecule has 0 aromatic carbocycles. The van der Waals surface area contributed by atoms with E-state index < -0.39 is 0 Å². The third-order valence-electron chi connectivity index (χ3n) is 3.40. The van der Waals surface area contributed by atoms with Crippen molar-refractivity contribution in [1.29, 1.82) is 0 Å². The van der Waals surface area contributed by atoms with Crippen LogP contribution in [0.25, 0.3) is 0 Å². The lowest BCUT2D eigenvalue weighted by Crippen LogP contribution is -2.19. The highest BCUT2D eigenvalue weighted by Crippen LogP contribution is 2.27. The normalized spacial score (nSPS) is 22.6. The number of hydrogen-bond donors (Lipinski definition) is 0. The first-order valence-electron chi connectivity index (χ1n) is 6.00. The van der Waals surface area contributed by atoms with Crippen molar-refractivity contribution >= 4 is 0 Å². The van der Waals surface area contributed by atoms with Crippen LogP contribution < -0.4 is 0 Å². The molecule has 0 heterocycles. The Hall–Kier alpha value is -0.720. The molecule has 0 aliphatic heterocycles. The van der Waals surface area contributed by atoms with Crippen LogP contribution in [-0.2, 0) is 0 Å². The molecule has 2 rings (SSSR count). The Morgan fingerprint density at radius 3 is 1.71 bits per heavy atom. The van der Waals surface area contributed by atoms with E-state index in [2.05, 4.69) is 24.1 Å². The molecule has 0 N–H and O–H groups in total. The average molecular weight is 191 g/mol. The molecule has 0 unspecified atom stereocenters. The predicted octanol–water partition coefficient (Wildman–Crippen LogP) is 3.83. The van der Waals surface area contributed by atoms with E-state index in [1.807, 2.05) is 0 Å². The van der Waals surface area contributed by atoms with Crippen molar-refractivity contribution in [3.05, 3.63) is 23.5 Å². The third kappa shape index (κ3) is 2.20. The fourth-order valence-electron chi connectivity index (χ4n) is 2.44. The second-order valence-electron chi connectivity index (χ2n) is 4.44. The molecule has 0 saturated carbocycles. The monoisotopic (exact) mass is 191 g/mol. The molecule has 0 fully saturated rings. The van der Waals surface area contributed by atoms with Gasteiger partial charge in [-0.05, 0) is 51.4 Å². The third-order valence-corrected chi connectivity index (χ3v) is 3.40. The van der Waals surface area contributed by atoms with Crippen LogP contribution in [0.2, 0.25) is 0 Å². The van der Waals surface area contributed by atoms with Crippen molar-refractivity contribution in [2.45, 2.75) is 51.4 Å². The van der Waals surface area contributed by atoms with E-state index in [0.29, 0.717) is 0 Å². The topological polar surface area (TPSA) is 3.24 Å². The summed E-state index contributed by atoms with van der Waals surface area (Å²) in [5, 5.41) is 0. The Bertz CT molecular complexity index is 224. The maximum absolute atomic E-state index is 2.44. The summed E-state index contributed by atoms with van der Waals surface area (Å²) in [4.78, 5) is 2.44. The van der Waals surface area contributed by atoms with Crippen molar-refractivity contribution < 1.29 is 0 Å². The van der Waals surface area contributed by atoms with Gasteiger partial charge in [0.15, 0.2) is 0 Å². The summed E-state index contributed by atoms with van der Waals surface area (Å²) >= 11 is 0. The first kappa shape index (κ1) is 9.82. The van der Waals surface area contributed by atoms with Crippen LogP contribution >= 0.6 is 0 Å². The molecule has 0 radical (unpaired) electrons. The molecule has 0 saturated heterocycles. The fraction of sp³-hybridized carbons (Fsp3) is 0.692. The van der Waals surface area contributed by atoms with E-state index in [-0.39, 0.29) is 0 Å². The van der Waals surface area contributed by atoms with Crippen LogP contribution in [-0.4, -0.2) is 11.9 Å². The fourth-order valence-corrected chi connectivity index (χ4v) is 2.44. The molecule has 0 amide bonds. The van der Waals surface area contributed by atoms with Gasteiger partial charge in [0.25, 0.3) is 0 Å². The lowest BCUT2D eigenvalue weighted by molar-refractivity contribution is 0.431. The number of rotatable bonds is 2. The molecular formula is C13H21N. The van der Waals surface area contributed by atoms with Gasteiger partial charge in [0.2, 0.25) is 0 Å². The molecule has 2 aliphatic rings. The van der Waals surface area contributed by atoms with Crippen LogP contribution in [0.1, 0.15) is 51.4 Å². The zero-order chi connectivity index (χ0) is 9.80. The zero-order valence-corrected chi connectivity index (χ0v) is 9.26. The molecule has 0 spiro atoms. The van der Waals surface area contributed by atoms with Gasteiger partial charge >= 0.3 is 0 Å². The van der Waals surface area contributed by atoms with Gasteiger partial charge in [0.05, 0.1) is 0 Å². The highest BCUT2D eigenvalue weighted by Gasteiger charge is 2.13. The number of hydrogen-bond acceptors (Lipinski definition) is 1. The van der Waals surface area contributed by atoms with Crippen LogP contribution in [0.5, 0.6) is 0 Å². The summed E-state index contributed by atoms with van der Waals surface area (Å²) in [5.74, 6) is 0. The zero-order valence-electron chi connectivity index (χ0n) is 9.26. The van der Waals surface area contributed by atoms with Crippen molar-refractivity contribution in [3.8, 4) is 0 Å². The highest BCUT2D eigenvalue weighted by atomic mass is 15.1. The van der Waals surface area contributed by atoms with Gasteiger partial charge in [-0.15, -0.1) is 0 Å². The van der Waals surface area contributed by atoms with Crippen LogP contribution in [0, 0.1) is 0 Å². The number of nitrogens with zero attached hydrogens (tertiary/aromatic N) is 1. The molecular weight excluding hydrogens is 170 g/mol. The van der Waals surface area contributed by atoms with E-state index in [0.717, 1.165) is 0 Å². The summed E-state index contributed by atoms with van der Waals surface area (Å²) in [7, 11) is 2.24. The molecule has 0 aromatic rings. The van der Waals surface area contributed by atoms with Crippen molar-refractivity contribution in [1.82, 2.24) is 4.90 Å². The minimum absolute atomic E-state index is 1.28. The van der Waals surface area contributed by atoms with E-state index in [1.165, 1.54) is 51.4 Å². The second-order valence-corrected chi connectivity index (χ2v) is 4.44. The Morgan fingerprint density at radius 2 is 1.36 bits per heavy atom. The molecule has 1 nitrogen and oxygen atoms in total. The minimum Gasteiger partial charge on any atom is -0.352 e. The van der Waals surface area contributed by atoms with Gasteiger partial charge in [-0.3, -0.25) is 0 Å². The van der Waals surface area contributed by atoms with E-state index in [9.17, 15) is 0 Å². The van der Waals surface area contributed by atoms with Crippen LogP contribution in [0.3, 0.4) is 0 Å². The number of allylic oxidation sites excluding steroid dienone is 4. The summed E-state index contributed by atoms with van der Waals surface area (Å²) in [6.07, 6.45) is 15.5. The average Bonchev–Trinajstić information content (AvgIpc) is 2.30. The maximum atomic E-state index is 2.44. The van der Waals surface area contributed by atoms with E-state index in [4.69, 9.17) is 0 Å². The molecule has 0 atom stereocenters. The first-order chi connectivity index (χ1) is 6.88. The summed E-state index contributed by atoms with van der Waals surface area (Å²) in [6.45, 7) is 0. The quantitative estimate of drug-likeness (QED) is 0.641. The van der Waals surface area contributed by atoms with Gasteiger partial charge in [0.1, 0.15) is 0 Å². The summed E-state index contributed by atoms with van der Waals surface area (Å²) in [6, 6.07) is 0. The Kier molecular flexibility index (Phi) is 3.28. The van der Waals surface area contributed by atoms with Gasteiger partial charge < -0.3 is 4.90 Å². The minimum atomic E-state index is 1.28. The summed E-state index contributed by atoms with van der Waals surface area (Å²) < 4.78 is 0. The van der Waals surface area contributed by atoms with Gasteiger partial charge in [-0.2, -0.15) is 0 Å². The van der Waals surface area contributed by atoms with Gasteiger partial charge in [0, 0.05) is 18.4 Å². The molecule has 1 heteroatoms. The van der Waals surface area contributed by atoms with Gasteiger partial charge in [-0.25, -0.2) is 0 Å². The summed E-state index contributed by atoms with van der Waals surface area (Å²) in [5.41, 5.74) is 3.12. The largest absolute Gasteiger partial charge is 0.352 e. The Labute approximate surface area is 87.5 Å². The van der Waals surface area contributed by atoms with E-state index >= 15 is 0 Å². The Balaban J connectivity index is 2.02. The predicted molar refractivity (Wildman–Crippen MR) is 60.9 cm³/mol. The molecule has 2 aliphatic carbocycles. The highest BCUT2D eigenvalue weighted by molar-refractivity contribution is 5.15. The first-order valence-corrected chi connectivity index (χ1v) is 6.00. The van der Waals surface area contributed by atoms with Crippen molar-refractivity contribution in [2.75, 3.05) is 7.05 Å². The lowest BCUT2D eigenvalue weighted by atomic mass is 10.00. The standard InChI is InChI=1S/C13H21N/c1-14(12-8-4-2-5-9-12)13-10-6-3-7-11-13/h8,10H,2-7,9,11H2,1H3. The molecule has 0 bridgehead atoms. The second kappa shape index (κ2) is 4.68. The Morgan fingerprint density at radius 1 is 0.857 bits per heavy atom.